The van der Waals surface area contributed by atoms with E-state index in [2.05, 4.69) is 16.4 Å². The summed E-state index contributed by atoms with van der Waals surface area (Å²) < 4.78 is 6.55. The molecule has 0 unspecified atom stereocenters. The van der Waals surface area contributed by atoms with Crippen molar-refractivity contribution in [2.45, 2.75) is 65.6 Å². The van der Waals surface area contributed by atoms with Gasteiger partial charge in [0.1, 0.15) is 15.6 Å². The fourth-order valence-corrected chi connectivity index (χ4v) is 7.30. The Kier molecular flexibility index (Phi) is 8.70. The molecule has 12 heteroatoms. The molecule has 43 heavy (non-hydrogen) atoms. The standard InChI is InChI=1S/C31H35N5O5S2/c1-18(2)36(30(40)41-31(3,4)5)15-11-25(37)34-28-26(21-10-14-35(29(38)39)17-24(21)43-28)27-33-22-16-20(6-7-23(22)42-27)19-8-12-32-13-9-19/h6-9,12-13,16,18H,10-11,14-15,17H2,1-5H3,(H,34,37)(H,38,39). The Balaban J connectivity index is 1.43. The minimum atomic E-state index is -0.967. The van der Waals surface area contributed by atoms with Crippen LogP contribution in [0, 0.1) is 0 Å². The number of benzene rings is 1. The number of thiazole rings is 1. The van der Waals surface area contributed by atoms with Gasteiger partial charge < -0.3 is 25.0 Å². The molecule has 2 N–H and O–H groups in total. The zero-order valence-corrected chi connectivity index (χ0v) is 26.5. The molecule has 5 rings (SSSR count). The molecule has 4 aromatic rings. The second-order valence-corrected chi connectivity index (χ2v) is 13.8. The fraction of sp³-hybridized carbons (Fsp3) is 0.387. The van der Waals surface area contributed by atoms with Gasteiger partial charge in [-0.1, -0.05) is 6.07 Å². The van der Waals surface area contributed by atoms with Crippen LogP contribution < -0.4 is 5.32 Å². The van der Waals surface area contributed by atoms with Crippen molar-refractivity contribution in [3.05, 3.63) is 53.2 Å². The highest BCUT2D eigenvalue weighted by molar-refractivity contribution is 7.23. The van der Waals surface area contributed by atoms with E-state index in [4.69, 9.17) is 9.72 Å². The van der Waals surface area contributed by atoms with E-state index in [9.17, 15) is 19.5 Å². The minimum absolute atomic E-state index is 0.0792. The van der Waals surface area contributed by atoms with Crippen LogP contribution in [0.3, 0.4) is 0 Å². The summed E-state index contributed by atoms with van der Waals surface area (Å²) in [6.45, 7) is 10.0. The molecule has 0 atom stereocenters. The first-order valence-electron chi connectivity index (χ1n) is 14.1. The van der Waals surface area contributed by atoms with Crippen molar-refractivity contribution in [3.63, 3.8) is 0 Å². The van der Waals surface area contributed by atoms with Crippen LogP contribution in [0.25, 0.3) is 31.9 Å². The Bertz CT molecular complexity index is 1660. The van der Waals surface area contributed by atoms with E-state index in [0.717, 1.165) is 42.4 Å². The van der Waals surface area contributed by atoms with Crippen LogP contribution in [0.2, 0.25) is 0 Å². The zero-order valence-electron chi connectivity index (χ0n) is 24.8. The molecule has 3 aromatic heterocycles. The number of nitrogens with one attached hydrogen (secondary N) is 1. The molecule has 0 bridgehead atoms. The van der Waals surface area contributed by atoms with Crippen LogP contribution >= 0.6 is 22.7 Å². The van der Waals surface area contributed by atoms with Gasteiger partial charge in [0.15, 0.2) is 0 Å². The fourth-order valence-electron chi connectivity index (χ4n) is 4.93. The summed E-state index contributed by atoms with van der Waals surface area (Å²) in [5.41, 5.74) is 4.14. The van der Waals surface area contributed by atoms with Crippen molar-refractivity contribution in [2.75, 3.05) is 18.4 Å². The average Bonchev–Trinajstić information content (AvgIpc) is 3.51. The summed E-state index contributed by atoms with van der Waals surface area (Å²) in [6, 6.07) is 9.91. The molecular formula is C31H35N5O5S2. The molecular weight excluding hydrogens is 587 g/mol. The van der Waals surface area contributed by atoms with Crippen LogP contribution in [0.4, 0.5) is 14.6 Å². The number of hydrogen-bond donors (Lipinski definition) is 2. The average molecular weight is 622 g/mol. The summed E-state index contributed by atoms with van der Waals surface area (Å²) >= 11 is 2.93. The van der Waals surface area contributed by atoms with Crippen molar-refractivity contribution in [2.24, 2.45) is 0 Å². The number of aromatic nitrogens is 2. The van der Waals surface area contributed by atoms with Crippen molar-refractivity contribution in [1.82, 2.24) is 19.8 Å². The van der Waals surface area contributed by atoms with Crippen molar-refractivity contribution >= 4 is 56.0 Å². The molecule has 3 amide bonds. The maximum absolute atomic E-state index is 13.3. The summed E-state index contributed by atoms with van der Waals surface area (Å²) in [4.78, 5) is 50.7. The quantitative estimate of drug-likeness (QED) is 0.226. The first-order chi connectivity index (χ1) is 20.4. The number of carbonyl (C=O) groups excluding carboxylic acids is 2. The van der Waals surface area contributed by atoms with E-state index in [1.807, 2.05) is 58.9 Å². The van der Waals surface area contributed by atoms with E-state index in [1.54, 1.807) is 28.6 Å². The highest BCUT2D eigenvalue weighted by Gasteiger charge is 2.30. The summed E-state index contributed by atoms with van der Waals surface area (Å²) in [5.74, 6) is -0.245. The van der Waals surface area contributed by atoms with Crippen molar-refractivity contribution < 1.29 is 24.2 Å². The van der Waals surface area contributed by atoms with Gasteiger partial charge in [-0.15, -0.1) is 22.7 Å². The monoisotopic (exact) mass is 621 g/mol. The Morgan fingerprint density at radius 3 is 2.53 bits per heavy atom. The number of ether oxygens (including phenoxy) is 1. The van der Waals surface area contributed by atoms with Crippen LogP contribution in [-0.4, -0.2) is 67.7 Å². The lowest BCUT2D eigenvalue weighted by Crippen LogP contribution is -2.42. The Labute approximate surface area is 258 Å². The molecule has 0 aliphatic carbocycles. The number of pyridine rings is 1. The lowest BCUT2D eigenvalue weighted by Gasteiger charge is -2.29. The lowest BCUT2D eigenvalue weighted by atomic mass is 10.0. The van der Waals surface area contributed by atoms with E-state index in [0.29, 0.717) is 18.0 Å². The Morgan fingerprint density at radius 1 is 1.12 bits per heavy atom. The Morgan fingerprint density at radius 2 is 1.86 bits per heavy atom. The van der Waals surface area contributed by atoms with Crippen molar-refractivity contribution in [1.29, 1.82) is 0 Å². The van der Waals surface area contributed by atoms with Gasteiger partial charge in [-0.3, -0.25) is 9.78 Å². The molecule has 1 aromatic carbocycles. The first kappa shape index (κ1) is 30.4. The van der Waals surface area contributed by atoms with Gasteiger partial charge in [0.05, 0.1) is 16.8 Å². The third-order valence-electron chi connectivity index (χ3n) is 7.03. The van der Waals surface area contributed by atoms with Gasteiger partial charge in [0.2, 0.25) is 5.91 Å². The minimum Gasteiger partial charge on any atom is -0.465 e. The van der Waals surface area contributed by atoms with Crippen LogP contribution in [0.5, 0.6) is 0 Å². The summed E-state index contributed by atoms with van der Waals surface area (Å²) in [5, 5.41) is 14.1. The number of amides is 3. The predicted molar refractivity (Wildman–Crippen MR) is 170 cm³/mol. The zero-order chi connectivity index (χ0) is 30.9. The molecule has 0 spiro atoms. The molecule has 4 heterocycles. The van der Waals surface area contributed by atoms with Gasteiger partial charge in [0, 0.05) is 48.4 Å². The Hall–Kier alpha value is -4.03. The van der Waals surface area contributed by atoms with E-state index >= 15 is 0 Å². The number of fused-ring (bicyclic) bond motifs is 2. The number of carboxylic acid groups (broad SMARTS) is 1. The molecule has 0 saturated carbocycles. The molecule has 0 radical (unpaired) electrons. The highest BCUT2D eigenvalue weighted by atomic mass is 32.1. The second kappa shape index (κ2) is 12.3. The van der Waals surface area contributed by atoms with Gasteiger partial charge >= 0.3 is 12.2 Å². The predicted octanol–water partition coefficient (Wildman–Crippen LogP) is 7.10. The number of carbonyl (C=O) groups is 3. The van der Waals surface area contributed by atoms with Gasteiger partial charge in [-0.2, -0.15) is 0 Å². The highest BCUT2D eigenvalue weighted by Crippen LogP contribution is 2.46. The maximum atomic E-state index is 13.3. The first-order valence-corrected chi connectivity index (χ1v) is 15.8. The molecule has 226 valence electrons. The van der Waals surface area contributed by atoms with Gasteiger partial charge in [0.25, 0.3) is 0 Å². The second-order valence-electron chi connectivity index (χ2n) is 11.7. The largest absolute Gasteiger partial charge is 0.465 e. The molecule has 1 aliphatic heterocycles. The number of thiophene rings is 1. The number of hydrogen-bond acceptors (Lipinski definition) is 8. The molecule has 0 saturated heterocycles. The van der Waals surface area contributed by atoms with E-state index in [-0.39, 0.29) is 31.5 Å². The number of rotatable bonds is 7. The summed E-state index contributed by atoms with van der Waals surface area (Å²) in [7, 11) is 0. The van der Waals surface area contributed by atoms with Crippen molar-refractivity contribution in [3.8, 4) is 21.7 Å². The summed E-state index contributed by atoms with van der Waals surface area (Å²) in [6.07, 6.45) is 2.69. The molecule has 10 nitrogen and oxygen atoms in total. The number of nitrogens with zero attached hydrogens (tertiary/aromatic N) is 4. The van der Waals surface area contributed by atoms with Crippen LogP contribution in [0.15, 0.2) is 42.7 Å². The van der Waals surface area contributed by atoms with Gasteiger partial charge in [-0.25, -0.2) is 14.6 Å². The topological polar surface area (TPSA) is 125 Å². The molecule has 0 fully saturated rings. The third-order valence-corrected chi connectivity index (χ3v) is 9.21. The normalized spacial score (nSPS) is 13.2. The maximum Gasteiger partial charge on any atom is 0.410 e. The van der Waals surface area contributed by atoms with Gasteiger partial charge in [-0.05, 0) is 82.0 Å². The SMILES string of the molecule is CC(C)N(CCC(=O)Nc1sc2c(c1-c1nc3cc(-c4ccncc4)ccc3s1)CCN(C(=O)O)C2)C(=O)OC(C)(C)C. The third kappa shape index (κ3) is 6.97. The molecule has 1 aliphatic rings. The van der Waals surface area contributed by atoms with E-state index in [1.165, 1.54) is 16.2 Å². The van der Waals surface area contributed by atoms with Crippen LogP contribution in [0.1, 0.15) is 51.5 Å². The number of anilines is 1. The van der Waals surface area contributed by atoms with Crippen LogP contribution in [-0.2, 0) is 22.5 Å². The smallest absolute Gasteiger partial charge is 0.410 e. The lowest BCUT2D eigenvalue weighted by molar-refractivity contribution is -0.116. The van der Waals surface area contributed by atoms with E-state index < -0.39 is 17.8 Å².